The molecule has 2 heterocycles. The Morgan fingerprint density at radius 1 is 1.16 bits per heavy atom. The van der Waals surface area contributed by atoms with Crippen LogP contribution in [-0.2, 0) is 17.9 Å². The van der Waals surface area contributed by atoms with Gasteiger partial charge < -0.3 is 10.2 Å². The summed E-state index contributed by atoms with van der Waals surface area (Å²) in [6.07, 6.45) is 2.46. The van der Waals surface area contributed by atoms with Gasteiger partial charge in [0.25, 0.3) is 5.56 Å². The van der Waals surface area contributed by atoms with Gasteiger partial charge >= 0.3 is 0 Å². The van der Waals surface area contributed by atoms with Crippen molar-refractivity contribution >= 4 is 16.7 Å². The van der Waals surface area contributed by atoms with E-state index in [9.17, 15) is 9.59 Å². The van der Waals surface area contributed by atoms with Crippen LogP contribution in [0, 0.1) is 5.92 Å². The Morgan fingerprint density at radius 2 is 1.84 bits per heavy atom. The fraction of sp³-hybridized carbons (Fsp3) is 0.526. The average Bonchev–Trinajstić information content (AvgIpc) is 3.13. The molecule has 6 nitrogen and oxygen atoms in total. The summed E-state index contributed by atoms with van der Waals surface area (Å²) < 4.78 is 1.55. The Kier molecular flexibility index (Phi) is 5.48. The molecule has 1 saturated heterocycles. The smallest absolute Gasteiger partial charge is 0.274 e. The first-order chi connectivity index (χ1) is 12.1. The van der Waals surface area contributed by atoms with Crippen LogP contribution >= 0.6 is 0 Å². The van der Waals surface area contributed by atoms with E-state index in [-0.39, 0.29) is 17.4 Å². The molecule has 0 atom stereocenters. The first kappa shape index (κ1) is 17.6. The number of likely N-dealkylation sites (tertiary alicyclic amines) is 1. The molecule has 6 heteroatoms. The third-order valence-electron chi connectivity index (χ3n) is 4.73. The highest BCUT2D eigenvalue weighted by Crippen LogP contribution is 2.14. The molecule has 1 fully saturated rings. The van der Waals surface area contributed by atoms with Crippen molar-refractivity contribution in [1.82, 2.24) is 20.0 Å². The molecule has 1 amide bonds. The summed E-state index contributed by atoms with van der Waals surface area (Å²) in [4.78, 5) is 27.0. The highest BCUT2D eigenvalue weighted by molar-refractivity contribution is 5.84. The molecule has 1 N–H and O–H groups in total. The Morgan fingerprint density at radius 3 is 2.52 bits per heavy atom. The number of carbonyl (C=O) groups excluding carboxylic acids is 1. The lowest BCUT2D eigenvalue weighted by Crippen LogP contribution is -2.33. The summed E-state index contributed by atoms with van der Waals surface area (Å²) in [7, 11) is 0. The van der Waals surface area contributed by atoms with E-state index in [4.69, 9.17) is 0 Å². The second kappa shape index (κ2) is 7.78. The van der Waals surface area contributed by atoms with E-state index in [1.54, 1.807) is 4.68 Å². The second-order valence-corrected chi connectivity index (χ2v) is 6.94. The molecule has 0 bridgehead atoms. The van der Waals surface area contributed by atoms with Crippen molar-refractivity contribution in [2.75, 3.05) is 19.6 Å². The highest BCUT2D eigenvalue weighted by Gasteiger charge is 2.15. The summed E-state index contributed by atoms with van der Waals surface area (Å²) in [6.45, 7) is 7.66. The Bertz CT molecular complexity index is 807. The molecule has 2 aromatic rings. The number of fused-ring (bicyclic) bond motifs is 1. The van der Waals surface area contributed by atoms with Gasteiger partial charge in [0.2, 0.25) is 5.91 Å². The van der Waals surface area contributed by atoms with Crippen LogP contribution < -0.4 is 10.9 Å². The molecule has 1 aromatic heterocycles. The summed E-state index contributed by atoms with van der Waals surface area (Å²) in [6, 6.07) is 7.49. The van der Waals surface area contributed by atoms with Crippen molar-refractivity contribution in [3.63, 3.8) is 0 Å². The monoisotopic (exact) mass is 342 g/mol. The molecule has 0 saturated carbocycles. The Labute approximate surface area is 147 Å². The maximum absolute atomic E-state index is 12.7. The zero-order valence-corrected chi connectivity index (χ0v) is 15.0. The SMILES string of the molecule is CC(C)C(=O)NCc1nn(CCN2CCCC2)c(=O)c2ccccc12. The molecule has 0 aliphatic carbocycles. The van der Waals surface area contributed by atoms with Crippen molar-refractivity contribution in [2.45, 2.75) is 39.8 Å². The minimum atomic E-state index is -0.0765. The largest absolute Gasteiger partial charge is 0.350 e. The number of aromatic nitrogens is 2. The van der Waals surface area contributed by atoms with Crippen LogP contribution in [0.15, 0.2) is 29.1 Å². The minimum absolute atomic E-state index is 0.0132. The van der Waals surface area contributed by atoms with Crippen molar-refractivity contribution in [2.24, 2.45) is 5.92 Å². The van der Waals surface area contributed by atoms with Crippen molar-refractivity contribution in [3.8, 4) is 0 Å². The van der Waals surface area contributed by atoms with E-state index >= 15 is 0 Å². The molecule has 0 unspecified atom stereocenters. The quantitative estimate of drug-likeness (QED) is 0.869. The first-order valence-corrected chi connectivity index (χ1v) is 9.05. The zero-order chi connectivity index (χ0) is 17.8. The predicted molar refractivity (Wildman–Crippen MR) is 98.4 cm³/mol. The van der Waals surface area contributed by atoms with E-state index in [0.29, 0.717) is 18.5 Å². The third kappa shape index (κ3) is 4.07. The van der Waals surface area contributed by atoms with Gasteiger partial charge in [-0.05, 0) is 32.0 Å². The number of hydrogen-bond acceptors (Lipinski definition) is 4. The lowest BCUT2D eigenvalue weighted by Gasteiger charge is -2.16. The number of amides is 1. The van der Waals surface area contributed by atoms with E-state index in [1.165, 1.54) is 12.8 Å². The molecule has 25 heavy (non-hydrogen) atoms. The minimum Gasteiger partial charge on any atom is -0.350 e. The van der Waals surface area contributed by atoms with Gasteiger partial charge in [-0.15, -0.1) is 0 Å². The van der Waals surface area contributed by atoms with Gasteiger partial charge in [0, 0.05) is 17.8 Å². The number of carbonyl (C=O) groups is 1. The van der Waals surface area contributed by atoms with Crippen molar-refractivity contribution in [3.05, 3.63) is 40.3 Å². The average molecular weight is 342 g/mol. The molecule has 1 aromatic carbocycles. The van der Waals surface area contributed by atoms with Crippen LogP contribution in [0.5, 0.6) is 0 Å². The van der Waals surface area contributed by atoms with E-state index < -0.39 is 0 Å². The molecule has 1 aliphatic rings. The van der Waals surface area contributed by atoms with Crippen LogP contribution in [0.25, 0.3) is 10.8 Å². The van der Waals surface area contributed by atoms with Crippen molar-refractivity contribution < 1.29 is 4.79 Å². The summed E-state index contributed by atoms with van der Waals surface area (Å²) in [5.74, 6) is -0.0898. The summed E-state index contributed by atoms with van der Waals surface area (Å²) >= 11 is 0. The fourth-order valence-corrected chi connectivity index (χ4v) is 3.20. The number of nitrogens with zero attached hydrogens (tertiary/aromatic N) is 3. The standard InChI is InChI=1S/C19H26N4O2/c1-14(2)18(24)20-13-17-15-7-3-4-8-16(15)19(25)23(21-17)12-11-22-9-5-6-10-22/h3-4,7-8,14H,5-6,9-13H2,1-2H3,(H,20,24). The van der Waals surface area contributed by atoms with Gasteiger partial charge in [-0.3, -0.25) is 9.59 Å². The lowest BCUT2D eigenvalue weighted by molar-refractivity contribution is -0.124. The van der Waals surface area contributed by atoms with Gasteiger partial charge in [-0.25, -0.2) is 4.68 Å². The number of nitrogens with one attached hydrogen (secondary N) is 1. The van der Waals surface area contributed by atoms with Gasteiger partial charge in [-0.2, -0.15) is 5.10 Å². The van der Waals surface area contributed by atoms with Crippen LogP contribution in [0.2, 0.25) is 0 Å². The predicted octanol–water partition coefficient (Wildman–Crippen LogP) is 1.76. The van der Waals surface area contributed by atoms with Crippen molar-refractivity contribution in [1.29, 1.82) is 0 Å². The Balaban J connectivity index is 1.87. The molecule has 0 spiro atoms. The second-order valence-electron chi connectivity index (χ2n) is 6.94. The summed E-state index contributed by atoms with van der Waals surface area (Å²) in [5, 5.41) is 8.94. The molecular weight excluding hydrogens is 316 g/mol. The lowest BCUT2D eigenvalue weighted by atomic mass is 10.1. The normalized spacial score (nSPS) is 15.2. The van der Waals surface area contributed by atoms with Gasteiger partial charge in [0.15, 0.2) is 0 Å². The number of rotatable bonds is 6. The first-order valence-electron chi connectivity index (χ1n) is 9.05. The molecule has 134 valence electrons. The van der Waals surface area contributed by atoms with E-state index in [0.717, 1.165) is 30.7 Å². The Hall–Kier alpha value is -2.21. The van der Waals surface area contributed by atoms with E-state index in [1.807, 2.05) is 38.1 Å². The maximum atomic E-state index is 12.7. The fourth-order valence-electron chi connectivity index (χ4n) is 3.20. The molecular formula is C19H26N4O2. The zero-order valence-electron chi connectivity index (χ0n) is 15.0. The number of hydrogen-bond donors (Lipinski definition) is 1. The van der Waals surface area contributed by atoms with Crippen LogP contribution in [0.3, 0.4) is 0 Å². The maximum Gasteiger partial charge on any atom is 0.274 e. The van der Waals surface area contributed by atoms with Gasteiger partial charge in [0.05, 0.1) is 24.2 Å². The number of benzene rings is 1. The molecule has 3 rings (SSSR count). The van der Waals surface area contributed by atoms with E-state index in [2.05, 4.69) is 15.3 Å². The molecule has 1 aliphatic heterocycles. The van der Waals surface area contributed by atoms with Crippen LogP contribution in [-0.4, -0.2) is 40.2 Å². The van der Waals surface area contributed by atoms with Gasteiger partial charge in [0.1, 0.15) is 0 Å². The van der Waals surface area contributed by atoms with Gasteiger partial charge in [-0.1, -0.05) is 32.0 Å². The topological polar surface area (TPSA) is 67.2 Å². The summed E-state index contributed by atoms with van der Waals surface area (Å²) in [5.41, 5.74) is 0.680. The highest BCUT2D eigenvalue weighted by atomic mass is 16.2. The molecule has 0 radical (unpaired) electrons. The van der Waals surface area contributed by atoms with Crippen LogP contribution in [0.1, 0.15) is 32.4 Å². The van der Waals surface area contributed by atoms with Crippen LogP contribution in [0.4, 0.5) is 0 Å². The third-order valence-corrected chi connectivity index (χ3v) is 4.73.